The number of ether oxygens (including phenoxy) is 3. The molecule has 2 aromatic carbocycles. The third kappa shape index (κ3) is 6.32. The second-order valence-corrected chi connectivity index (χ2v) is 6.69. The van der Waals surface area contributed by atoms with E-state index in [0.29, 0.717) is 20.8 Å². The van der Waals surface area contributed by atoms with Gasteiger partial charge in [0.25, 0.3) is 0 Å². The average molecular weight is 445 g/mol. The standard InChI is InChI=1S/C16H11Cl5O4/c17-9-1-2-14(12(20)5-9)23-3-4-24-16(22)8-25-15-7-11(19)10(18)6-13(15)21/h1-2,5-7H,3-4,8H2. The first-order chi connectivity index (χ1) is 11.9. The van der Waals surface area contributed by atoms with Gasteiger partial charge in [-0.2, -0.15) is 0 Å². The molecule has 0 saturated carbocycles. The molecule has 2 aromatic rings. The zero-order valence-electron chi connectivity index (χ0n) is 12.5. The molecular weight excluding hydrogens is 433 g/mol. The zero-order chi connectivity index (χ0) is 18.4. The summed E-state index contributed by atoms with van der Waals surface area (Å²) in [5.41, 5.74) is 0. The Morgan fingerprint density at radius 1 is 0.760 bits per heavy atom. The maximum absolute atomic E-state index is 11.7. The van der Waals surface area contributed by atoms with Gasteiger partial charge in [0.15, 0.2) is 6.61 Å². The number of benzene rings is 2. The SMILES string of the molecule is O=C(COc1cc(Cl)c(Cl)cc1Cl)OCCOc1ccc(Cl)cc1Cl. The van der Waals surface area contributed by atoms with Crippen LogP contribution in [0.25, 0.3) is 0 Å². The van der Waals surface area contributed by atoms with E-state index in [1.807, 2.05) is 0 Å². The maximum atomic E-state index is 11.7. The minimum atomic E-state index is -0.590. The summed E-state index contributed by atoms with van der Waals surface area (Å²) in [5, 5.41) is 1.67. The summed E-state index contributed by atoms with van der Waals surface area (Å²) in [5.74, 6) is 0.0890. The fraction of sp³-hybridized carbons (Fsp3) is 0.188. The topological polar surface area (TPSA) is 44.8 Å². The molecule has 9 heteroatoms. The summed E-state index contributed by atoms with van der Waals surface area (Å²) in [7, 11) is 0. The average Bonchev–Trinajstić information content (AvgIpc) is 2.55. The lowest BCUT2D eigenvalue weighted by Crippen LogP contribution is -2.18. The van der Waals surface area contributed by atoms with E-state index in [-0.39, 0.29) is 35.6 Å². The van der Waals surface area contributed by atoms with Crippen molar-refractivity contribution in [3.8, 4) is 11.5 Å². The summed E-state index contributed by atoms with van der Waals surface area (Å²) < 4.78 is 15.6. The van der Waals surface area contributed by atoms with Crippen LogP contribution in [0.3, 0.4) is 0 Å². The van der Waals surface area contributed by atoms with E-state index >= 15 is 0 Å². The first kappa shape index (κ1) is 20.3. The molecule has 0 aliphatic heterocycles. The minimum absolute atomic E-state index is 0.0241. The number of carbonyl (C=O) groups excluding carboxylic acids is 1. The predicted octanol–water partition coefficient (Wildman–Crippen LogP) is 5.95. The predicted molar refractivity (Wildman–Crippen MR) is 99.9 cm³/mol. The maximum Gasteiger partial charge on any atom is 0.344 e. The van der Waals surface area contributed by atoms with Gasteiger partial charge < -0.3 is 14.2 Å². The molecule has 0 unspecified atom stereocenters. The van der Waals surface area contributed by atoms with Gasteiger partial charge in [-0.05, 0) is 24.3 Å². The van der Waals surface area contributed by atoms with Gasteiger partial charge in [-0.15, -0.1) is 0 Å². The van der Waals surface area contributed by atoms with E-state index in [2.05, 4.69) is 0 Å². The molecule has 0 heterocycles. The van der Waals surface area contributed by atoms with Gasteiger partial charge in [0.2, 0.25) is 0 Å². The van der Waals surface area contributed by atoms with Gasteiger partial charge in [0.1, 0.15) is 24.7 Å². The molecule has 0 amide bonds. The molecule has 0 spiro atoms. The zero-order valence-corrected chi connectivity index (χ0v) is 16.3. The first-order valence-corrected chi connectivity index (χ1v) is 8.76. The van der Waals surface area contributed by atoms with Crippen LogP contribution in [0.15, 0.2) is 30.3 Å². The van der Waals surface area contributed by atoms with E-state index in [4.69, 9.17) is 72.2 Å². The Balaban J connectivity index is 1.73. The molecule has 0 saturated heterocycles. The van der Waals surface area contributed by atoms with Crippen molar-refractivity contribution in [3.05, 3.63) is 55.4 Å². The Labute approximate surface area is 169 Å². The van der Waals surface area contributed by atoms with Gasteiger partial charge in [0.05, 0.1) is 20.1 Å². The van der Waals surface area contributed by atoms with Crippen molar-refractivity contribution < 1.29 is 19.0 Å². The number of esters is 1. The molecule has 2 rings (SSSR count). The van der Waals surface area contributed by atoms with Crippen LogP contribution in [0.1, 0.15) is 0 Å². The van der Waals surface area contributed by atoms with Crippen LogP contribution in [0.2, 0.25) is 25.1 Å². The van der Waals surface area contributed by atoms with Gasteiger partial charge in [0, 0.05) is 11.1 Å². The quantitative estimate of drug-likeness (QED) is 0.301. The molecule has 25 heavy (non-hydrogen) atoms. The summed E-state index contributed by atoms with van der Waals surface area (Å²) in [6.45, 7) is -0.184. The van der Waals surface area contributed by atoms with Crippen LogP contribution in [-0.2, 0) is 9.53 Å². The van der Waals surface area contributed by atoms with Crippen molar-refractivity contribution in [2.45, 2.75) is 0 Å². The van der Waals surface area contributed by atoms with Crippen LogP contribution in [0, 0.1) is 0 Å². The fourth-order valence-electron chi connectivity index (χ4n) is 1.69. The van der Waals surface area contributed by atoms with Crippen molar-refractivity contribution in [1.29, 1.82) is 0 Å². The van der Waals surface area contributed by atoms with E-state index in [1.54, 1.807) is 18.2 Å². The Bertz CT molecular complexity index is 766. The van der Waals surface area contributed by atoms with Crippen molar-refractivity contribution >= 4 is 64.0 Å². The summed E-state index contributed by atoms with van der Waals surface area (Å²) in [4.78, 5) is 11.7. The van der Waals surface area contributed by atoms with Gasteiger partial charge in [-0.1, -0.05) is 58.0 Å². The van der Waals surface area contributed by atoms with Gasteiger partial charge >= 0.3 is 5.97 Å². The number of rotatable bonds is 7. The molecule has 0 fully saturated rings. The van der Waals surface area contributed by atoms with Crippen molar-refractivity contribution in [2.75, 3.05) is 19.8 Å². The van der Waals surface area contributed by atoms with E-state index in [1.165, 1.54) is 12.1 Å². The number of hydrogen-bond donors (Lipinski definition) is 0. The Morgan fingerprint density at radius 2 is 1.44 bits per heavy atom. The molecule has 0 radical (unpaired) electrons. The van der Waals surface area contributed by atoms with Crippen LogP contribution < -0.4 is 9.47 Å². The van der Waals surface area contributed by atoms with Crippen molar-refractivity contribution in [2.24, 2.45) is 0 Å². The van der Waals surface area contributed by atoms with Crippen LogP contribution in [-0.4, -0.2) is 25.8 Å². The molecule has 0 atom stereocenters. The highest BCUT2D eigenvalue weighted by molar-refractivity contribution is 6.43. The molecule has 0 aliphatic rings. The highest BCUT2D eigenvalue weighted by atomic mass is 35.5. The molecule has 4 nitrogen and oxygen atoms in total. The van der Waals surface area contributed by atoms with E-state index in [0.717, 1.165) is 0 Å². The van der Waals surface area contributed by atoms with E-state index in [9.17, 15) is 4.79 Å². The molecule has 134 valence electrons. The normalized spacial score (nSPS) is 10.4. The lowest BCUT2D eigenvalue weighted by atomic mass is 10.3. The monoisotopic (exact) mass is 442 g/mol. The molecule has 0 aromatic heterocycles. The molecular formula is C16H11Cl5O4. The second-order valence-electron chi connectivity index (χ2n) is 4.63. The number of halogens is 5. The highest BCUT2D eigenvalue weighted by Crippen LogP contribution is 2.33. The van der Waals surface area contributed by atoms with Gasteiger partial charge in [-0.3, -0.25) is 0 Å². The van der Waals surface area contributed by atoms with Crippen LogP contribution in [0.4, 0.5) is 0 Å². The lowest BCUT2D eigenvalue weighted by Gasteiger charge is -2.10. The third-order valence-corrected chi connectivity index (χ3v) is 4.37. The second kappa shape index (κ2) is 9.60. The number of hydrogen-bond acceptors (Lipinski definition) is 4. The third-order valence-electron chi connectivity index (χ3n) is 2.82. The minimum Gasteiger partial charge on any atom is -0.488 e. The van der Waals surface area contributed by atoms with Crippen LogP contribution >= 0.6 is 58.0 Å². The van der Waals surface area contributed by atoms with Crippen LogP contribution in [0.5, 0.6) is 11.5 Å². The lowest BCUT2D eigenvalue weighted by molar-refractivity contribution is -0.146. The van der Waals surface area contributed by atoms with E-state index < -0.39 is 5.97 Å². The Kier molecular flexibility index (Phi) is 7.79. The molecule has 0 bridgehead atoms. The Morgan fingerprint density at radius 3 is 2.16 bits per heavy atom. The first-order valence-electron chi connectivity index (χ1n) is 6.87. The molecule has 0 N–H and O–H groups in total. The van der Waals surface area contributed by atoms with Gasteiger partial charge in [-0.25, -0.2) is 4.79 Å². The highest BCUT2D eigenvalue weighted by Gasteiger charge is 2.10. The molecule has 0 aliphatic carbocycles. The Hall–Kier alpha value is -1.04. The fourth-order valence-corrected chi connectivity index (χ4v) is 2.75. The number of carbonyl (C=O) groups is 1. The summed E-state index contributed by atoms with van der Waals surface area (Å²) in [6.07, 6.45) is 0. The largest absolute Gasteiger partial charge is 0.488 e. The smallest absolute Gasteiger partial charge is 0.344 e. The summed E-state index contributed by atoms with van der Waals surface area (Å²) >= 11 is 29.4. The summed E-state index contributed by atoms with van der Waals surface area (Å²) in [6, 6.07) is 7.67. The van der Waals surface area contributed by atoms with Crippen molar-refractivity contribution in [1.82, 2.24) is 0 Å². The van der Waals surface area contributed by atoms with Crippen molar-refractivity contribution in [3.63, 3.8) is 0 Å².